The fourth-order valence-electron chi connectivity index (χ4n) is 3.68. The van der Waals surface area contributed by atoms with Crippen molar-refractivity contribution in [1.82, 2.24) is 4.90 Å². The smallest absolute Gasteiger partial charge is 0.300 e. The van der Waals surface area contributed by atoms with Gasteiger partial charge in [-0.3, -0.25) is 19.4 Å². The van der Waals surface area contributed by atoms with Crippen LogP contribution in [-0.2, 0) is 17.8 Å². The number of halogens is 1. The van der Waals surface area contributed by atoms with E-state index in [-0.39, 0.29) is 12.2 Å². The molecule has 7 heteroatoms. The van der Waals surface area contributed by atoms with E-state index in [0.717, 1.165) is 24.6 Å². The van der Waals surface area contributed by atoms with E-state index in [4.69, 9.17) is 9.47 Å². The average Bonchev–Trinajstić information content (AvgIpc) is 2.91. The SMILES string of the molecule is COc1cc2c(cc1OC)CN(CN1C(=O)C(=O)c3cc(F)ccc31)CC2. The second kappa shape index (κ2) is 6.66. The number of rotatable bonds is 4. The Morgan fingerprint density at radius 3 is 2.44 bits per heavy atom. The van der Waals surface area contributed by atoms with Crippen LogP contribution in [0.2, 0.25) is 0 Å². The zero-order valence-electron chi connectivity index (χ0n) is 15.1. The first-order valence-electron chi connectivity index (χ1n) is 8.63. The molecule has 0 saturated heterocycles. The van der Waals surface area contributed by atoms with Gasteiger partial charge in [0.25, 0.3) is 5.78 Å². The third-order valence-electron chi connectivity index (χ3n) is 5.07. The summed E-state index contributed by atoms with van der Waals surface area (Å²) in [4.78, 5) is 28.0. The molecular weight excluding hydrogens is 351 g/mol. The van der Waals surface area contributed by atoms with Crippen molar-refractivity contribution < 1.29 is 23.5 Å². The molecule has 4 rings (SSSR count). The lowest BCUT2D eigenvalue weighted by atomic mass is 9.99. The van der Waals surface area contributed by atoms with E-state index in [1.165, 1.54) is 22.6 Å². The van der Waals surface area contributed by atoms with Crippen molar-refractivity contribution in [3.8, 4) is 11.5 Å². The number of ether oxygens (including phenoxy) is 2. The van der Waals surface area contributed by atoms with Gasteiger partial charge in [0.1, 0.15) is 5.82 Å². The number of anilines is 1. The minimum atomic E-state index is -0.659. The van der Waals surface area contributed by atoms with Crippen LogP contribution in [0.5, 0.6) is 11.5 Å². The molecule has 2 aliphatic rings. The van der Waals surface area contributed by atoms with Crippen molar-refractivity contribution in [3.63, 3.8) is 0 Å². The van der Waals surface area contributed by atoms with Gasteiger partial charge in [0, 0.05) is 13.1 Å². The highest BCUT2D eigenvalue weighted by Gasteiger charge is 2.37. The molecule has 140 valence electrons. The molecule has 0 fully saturated rings. The second-order valence-electron chi connectivity index (χ2n) is 6.64. The molecule has 0 N–H and O–H groups in total. The van der Waals surface area contributed by atoms with E-state index >= 15 is 0 Å². The number of hydrogen-bond acceptors (Lipinski definition) is 5. The predicted molar refractivity (Wildman–Crippen MR) is 96.7 cm³/mol. The van der Waals surface area contributed by atoms with Crippen molar-refractivity contribution in [1.29, 1.82) is 0 Å². The first-order valence-corrected chi connectivity index (χ1v) is 8.63. The van der Waals surface area contributed by atoms with Gasteiger partial charge in [-0.05, 0) is 47.9 Å². The van der Waals surface area contributed by atoms with Crippen LogP contribution in [0.3, 0.4) is 0 Å². The zero-order valence-corrected chi connectivity index (χ0v) is 15.1. The summed E-state index contributed by atoms with van der Waals surface area (Å²) in [6, 6.07) is 7.80. The standard InChI is InChI=1S/C20H19FN2O4/c1-26-17-7-12-5-6-22(10-13(12)8-18(17)27-2)11-23-16-4-3-14(21)9-15(16)19(24)20(23)25/h3-4,7-9H,5-6,10-11H2,1-2H3. The maximum atomic E-state index is 13.4. The van der Waals surface area contributed by atoms with Crippen molar-refractivity contribution in [3.05, 3.63) is 52.8 Å². The van der Waals surface area contributed by atoms with Gasteiger partial charge in [-0.15, -0.1) is 0 Å². The number of Topliss-reactive ketones (excluding diaryl/α,β-unsaturated/α-hetero) is 1. The van der Waals surface area contributed by atoms with Gasteiger partial charge in [-0.2, -0.15) is 0 Å². The van der Waals surface area contributed by atoms with E-state index in [9.17, 15) is 14.0 Å². The molecule has 6 nitrogen and oxygen atoms in total. The fourth-order valence-corrected chi connectivity index (χ4v) is 3.68. The van der Waals surface area contributed by atoms with Crippen molar-refractivity contribution in [2.75, 3.05) is 32.3 Å². The predicted octanol–water partition coefficient (Wildman–Crippen LogP) is 2.39. The highest BCUT2D eigenvalue weighted by molar-refractivity contribution is 6.52. The summed E-state index contributed by atoms with van der Waals surface area (Å²) in [5.74, 6) is -0.445. The molecule has 0 atom stereocenters. The minimum Gasteiger partial charge on any atom is -0.493 e. The number of carbonyl (C=O) groups is 2. The number of benzene rings is 2. The molecular formula is C20H19FN2O4. The Labute approximate surface area is 156 Å². The van der Waals surface area contributed by atoms with Crippen molar-refractivity contribution in [2.24, 2.45) is 0 Å². The Balaban J connectivity index is 1.57. The van der Waals surface area contributed by atoms with Gasteiger partial charge in [-0.1, -0.05) is 0 Å². The second-order valence-corrected chi connectivity index (χ2v) is 6.64. The summed E-state index contributed by atoms with van der Waals surface area (Å²) < 4.78 is 24.2. The number of ketones is 1. The van der Waals surface area contributed by atoms with E-state index in [1.54, 1.807) is 14.2 Å². The quantitative estimate of drug-likeness (QED) is 0.774. The average molecular weight is 370 g/mol. The van der Waals surface area contributed by atoms with Crippen LogP contribution in [-0.4, -0.2) is 44.0 Å². The molecule has 2 heterocycles. The molecule has 0 saturated carbocycles. The third-order valence-corrected chi connectivity index (χ3v) is 5.07. The van der Waals surface area contributed by atoms with Gasteiger partial charge >= 0.3 is 5.91 Å². The first kappa shape index (κ1) is 17.5. The molecule has 1 amide bonds. The van der Waals surface area contributed by atoms with Crippen molar-refractivity contribution in [2.45, 2.75) is 13.0 Å². The van der Waals surface area contributed by atoms with Crippen LogP contribution in [0.25, 0.3) is 0 Å². The Morgan fingerprint density at radius 2 is 1.74 bits per heavy atom. The third kappa shape index (κ3) is 2.94. The minimum absolute atomic E-state index is 0.129. The molecule has 2 aromatic carbocycles. The molecule has 2 aliphatic heterocycles. The number of amides is 1. The first-order chi connectivity index (χ1) is 13.0. The molecule has 0 aromatic heterocycles. The lowest BCUT2D eigenvalue weighted by Crippen LogP contribution is -2.43. The van der Waals surface area contributed by atoms with Gasteiger partial charge < -0.3 is 9.47 Å². The van der Waals surface area contributed by atoms with E-state index in [2.05, 4.69) is 4.90 Å². The summed E-state index contributed by atoms with van der Waals surface area (Å²) in [5.41, 5.74) is 2.86. The molecule has 0 radical (unpaired) electrons. The Kier molecular flexibility index (Phi) is 4.31. The van der Waals surface area contributed by atoms with Crippen LogP contribution >= 0.6 is 0 Å². The highest BCUT2D eigenvalue weighted by Crippen LogP contribution is 2.34. The van der Waals surface area contributed by atoms with Gasteiger partial charge in [0.2, 0.25) is 0 Å². The summed E-state index contributed by atoms with van der Waals surface area (Å²) in [6.07, 6.45) is 0.794. The summed E-state index contributed by atoms with van der Waals surface area (Å²) in [6.45, 7) is 1.62. The molecule has 0 spiro atoms. The molecule has 27 heavy (non-hydrogen) atoms. The molecule has 0 unspecified atom stereocenters. The van der Waals surface area contributed by atoms with Crippen molar-refractivity contribution >= 4 is 17.4 Å². The van der Waals surface area contributed by atoms with Gasteiger partial charge in [0.15, 0.2) is 11.5 Å². The number of carbonyl (C=O) groups excluding carboxylic acids is 2. The fraction of sp³-hybridized carbons (Fsp3) is 0.300. The van der Waals surface area contributed by atoms with E-state index < -0.39 is 17.5 Å². The summed E-state index contributed by atoms with van der Waals surface area (Å²) in [7, 11) is 3.20. The number of methoxy groups -OCH3 is 2. The van der Waals surface area contributed by atoms with Crippen LogP contribution in [0, 0.1) is 5.82 Å². The monoisotopic (exact) mass is 370 g/mol. The van der Waals surface area contributed by atoms with E-state index in [0.29, 0.717) is 23.7 Å². The molecule has 0 aliphatic carbocycles. The van der Waals surface area contributed by atoms with Gasteiger partial charge in [-0.25, -0.2) is 4.39 Å². The van der Waals surface area contributed by atoms with E-state index in [1.807, 2.05) is 12.1 Å². The number of hydrogen-bond donors (Lipinski definition) is 0. The Bertz CT molecular complexity index is 944. The number of fused-ring (bicyclic) bond motifs is 2. The highest BCUT2D eigenvalue weighted by atomic mass is 19.1. The normalized spacial score (nSPS) is 16.3. The molecule has 0 bridgehead atoms. The summed E-state index contributed by atoms with van der Waals surface area (Å²) >= 11 is 0. The maximum Gasteiger partial charge on any atom is 0.300 e. The largest absolute Gasteiger partial charge is 0.493 e. The van der Waals surface area contributed by atoms with Crippen LogP contribution in [0.1, 0.15) is 21.5 Å². The van der Waals surface area contributed by atoms with Gasteiger partial charge in [0.05, 0.1) is 32.1 Å². The lowest BCUT2D eigenvalue weighted by molar-refractivity contribution is -0.114. The maximum absolute atomic E-state index is 13.4. The van der Waals surface area contributed by atoms with Crippen LogP contribution < -0.4 is 14.4 Å². The summed E-state index contributed by atoms with van der Waals surface area (Å²) in [5, 5.41) is 0. The molecule has 2 aromatic rings. The Hall–Kier alpha value is -2.93. The topological polar surface area (TPSA) is 59.1 Å². The lowest BCUT2D eigenvalue weighted by Gasteiger charge is -2.32. The zero-order chi connectivity index (χ0) is 19.1. The number of nitrogens with zero attached hydrogens (tertiary/aromatic N) is 2. The Morgan fingerprint density at radius 1 is 1.04 bits per heavy atom. The van der Waals surface area contributed by atoms with Crippen LogP contribution in [0.4, 0.5) is 10.1 Å². The van der Waals surface area contributed by atoms with Crippen LogP contribution in [0.15, 0.2) is 30.3 Å².